The first-order valence-electron chi connectivity index (χ1n) is 7.20. The molecule has 0 aliphatic heterocycles. The van der Waals surface area contributed by atoms with Crippen LogP contribution in [-0.2, 0) is 28.6 Å². The maximum absolute atomic E-state index is 11.6. The second-order valence-electron chi connectivity index (χ2n) is 6.28. The Hall–Kier alpha value is -1.59. The van der Waals surface area contributed by atoms with E-state index in [0.717, 1.165) is 26.4 Å². The third kappa shape index (κ3) is 5.73. The predicted molar refractivity (Wildman–Crippen MR) is 74.3 cm³/mol. The molecule has 1 aliphatic carbocycles. The van der Waals surface area contributed by atoms with E-state index >= 15 is 0 Å². The van der Waals surface area contributed by atoms with Gasteiger partial charge in [-0.05, 0) is 37.5 Å². The van der Waals surface area contributed by atoms with Gasteiger partial charge in [0.15, 0.2) is 6.61 Å². The lowest BCUT2D eigenvalue weighted by atomic mass is 9.71. The van der Waals surface area contributed by atoms with E-state index in [9.17, 15) is 14.4 Å². The molecule has 0 aromatic carbocycles. The van der Waals surface area contributed by atoms with E-state index in [1.54, 1.807) is 0 Å². The zero-order valence-electron chi connectivity index (χ0n) is 13.1. The summed E-state index contributed by atoms with van der Waals surface area (Å²) in [6.07, 6.45) is 4.11. The Labute approximate surface area is 125 Å². The van der Waals surface area contributed by atoms with Crippen LogP contribution in [0.25, 0.3) is 0 Å². The molecule has 2 atom stereocenters. The van der Waals surface area contributed by atoms with Gasteiger partial charge < -0.3 is 14.2 Å². The van der Waals surface area contributed by atoms with Gasteiger partial charge >= 0.3 is 17.9 Å². The normalized spacial score (nSPS) is 22.0. The second-order valence-corrected chi connectivity index (χ2v) is 6.28. The molecule has 0 N–H and O–H groups in total. The molecular formula is C15H24O6. The van der Waals surface area contributed by atoms with E-state index in [2.05, 4.69) is 23.3 Å². The average molecular weight is 300 g/mol. The average Bonchev–Trinajstić information content (AvgIpc) is 2.42. The van der Waals surface area contributed by atoms with Gasteiger partial charge in [-0.2, -0.15) is 0 Å². The van der Waals surface area contributed by atoms with Crippen molar-refractivity contribution in [1.29, 1.82) is 0 Å². The molecule has 0 amide bonds. The Morgan fingerprint density at radius 3 is 2.48 bits per heavy atom. The summed E-state index contributed by atoms with van der Waals surface area (Å²) in [6, 6.07) is 0. The summed E-state index contributed by atoms with van der Waals surface area (Å²) in [4.78, 5) is 33.5. The molecule has 21 heavy (non-hydrogen) atoms. The molecule has 0 saturated heterocycles. The van der Waals surface area contributed by atoms with Crippen molar-refractivity contribution >= 4 is 17.9 Å². The molecule has 1 rings (SSSR count). The smallest absolute Gasteiger partial charge is 0.418 e. The van der Waals surface area contributed by atoms with Crippen LogP contribution in [0.4, 0.5) is 0 Å². The molecule has 0 aromatic heterocycles. The van der Waals surface area contributed by atoms with Crippen LogP contribution in [0.2, 0.25) is 0 Å². The van der Waals surface area contributed by atoms with E-state index in [-0.39, 0.29) is 11.5 Å². The molecule has 1 fully saturated rings. The second kappa shape index (κ2) is 7.43. The van der Waals surface area contributed by atoms with Crippen LogP contribution in [0.1, 0.15) is 46.5 Å². The number of rotatable bonds is 4. The maximum atomic E-state index is 11.6. The highest BCUT2D eigenvalue weighted by atomic mass is 16.6. The summed E-state index contributed by atoms with van der Waals surface area (Å²) in [5.41, 5.74) is 0.265. The Balaban J connectivity index is 2.37. The molecule has 1 saturated carbocycles. The molecule has 0 aromatic rings. The first kappa shape index (κ1) is 17.5. The van der Waals surface area contributed by atoms with Gasteiger partial charge in [-0.15, -0.1) is 0 Å². The summed E-state index contributed by atoms with van der Waals surface area (Å²) < 4.78 is 14.0. The summed E-state index contributed by atoms with van der Waals surface area (Å²) in [7, 11) is 1.06. The van der Waals surface area contributed by atoms with Gasteiger partial charge in [-0.1, -0.05) is 20.3 Å². The number of carbonyl (C=O) groups is 3. The highest BCUT2D eigenvalue weighted by Crippen LogP contribution is 2.40. The molecular weight excluding hydrogens is 276 g/mol. The Bertz CT molecular complexity index is 401. The van der Waals surface area contributed by atoms with E-state index < -0.39 is 24.5 Å². The van der Waals surface area contributed by atoms with Crippen molar-refractivity contribution in [3.05, 3.63) is 0 Å². The van der Waals surface area contributed by atoms with Gasteiger partial charge in [-0.3, -0.25) is 0 Å². The number of carbonyl (C=O) groups excluding carboxylic acids is 3. The minimum absolute atomic E-state index is 0.228. The summed E-state index contributed by atoms with van der Waals surface area (Å²) in [5.74, 6) is -2.66. The molecule has 2 unspecified atom stereocenters. The van der Waals surface area contributed by atoms with Crippen molar-refractivity contribution in [3.8, 4) is 0 Å². The Kier molecular flexibility index (Phi) is 6.18. The molecule has 0 heterocycles. The van der Waals surface area contributed by atoms with Crippen LogP contribution >= 0.6 is 0 Å². The lowest BCUT2D eigenvalue weighted by Crippen LogP contribution is -2.33. The van der Waals surface area contributed by atoms with Gasteiger partial charge in [0.2, 0.25) is 0 Å². The third-order valence-electron chi connectivity index (χ3n) is 3.90. The fourth-order valence-electron chi connectivity index (χ4n) is 2.76. The SMILES string of the molecule is COC(=O)C(=O)OCC(=O)OC(C)C1CCCC(C)(C)C1. The molecule has 0 radical (unpaired) electrons. The van der Waals surface area contributed by atoms with Crippen LogP contribution in [0, 0.1) is 11.3 Å². The largest absolute Gasteiger partial charge is 0.461 e. The van der Waals surface area contributed by atoms with Crippen LogP contribution in [0.15, 0.2) is 0 Å². The van der Waals surface area contributed by atoms with Crippen molar-refractivity contribution in [3.63, 3.8) is 0 Å². The van der Waals surface area contributed by atoms with E-state index in [0.29, 0.717) is 5.92 Å². The fourth-order valence-corrected chi connectivity index (χ4v) is 2.76. The van der Waals surface area contributed by atoms with Gasteiger partial charge in [0.25, 0.3) is 0 Å². The van der Waals surface area contributed by atoms with Crippen molar-refractivity contribution in [2.24, 2.45) is 11.3 Å². The molecule has 1 aliphatic rings. The summed E-state index contributed by atoms with van der Waals surface area (Å²) in [6.45, 7) is 5.71. The van der Waals surface area contributed by atoms with Gasteiger partial charge in [0.05, 0.1) is 7.11 Å². The number of methoxy groups -OCH3 is 1. The zero-order valence-corrected chi connectivity index (χ0v) is 13.1. The minimum atomic E-state index is -1.19. The Morgan fingerprint density at radius 2 is 1.90 bits per heavy atom. The van der Waals surface area contributed by atoms with Crippen molar-refractivity contribution in [2.75, 3.05) is 13.7 Å². The van der Waals surface area contributed by atoms with E-state index in [1.165, 1.54) is 6.42 Å². The lowest BCUT2D eigenvalue weighted by molar-refractivity contribution is -0.172. The first-order chi connectivity index (χ1) is 9.75. The number of hydrogen-bond donors (Lipinski definition) is 0. The molecule has 6 nitrogen and oxygen atoms in total. The van der Waals surface area contributed by atoms with E-state index in [1.807, 2.05) is 6.92 Å². The van der Waals surface area contributed by atoms with Crippen LogP contribution in [0.3, 0.4) is 0 Å². The van der Waals surface area contributed by atoms with E-state index in [4.69, 9.17) is 4.74 Å². The molecule has 6 heteroatoms. The molecule has 0 bridgehead atoms. The van der Waals surface area contributed by atoms with Crippen LogP contribution < -0.4 is 0 Å². The van der Waals surface area contributed by atoms with Crippen LogP contribution in [0.5, 0.6) is 0 Å². The fraction of sp³-hybridized carbons (Fsp3) is 0.800. The standard InChI is InChI=1S/C15H24O6/c1-10(11-6-5-7-15(2,3)8-11)21-12(16)9-20-14(18)13(17)19-4/h10-11H,5-9H2,1-4H3. The minimum Gasteiger partial charge on any atom is -0.461 e. The van der Waals surface area contributed by atoms with Crippen molar-refractivity contribution < 1.29 is 28.6 Å². The van der Waals surface area contributed by atoms with Gasteiger partial charge in [-0.25, -0.2) is 14.4 Å². The number of ether oxygens (including phenoxy) is 3. The zero-order chi connectivity index (χ0) is 16.0. The van der Waals surface area contributed by atoms with Crippen LogP contribution in [-0.4, -0.2) is 37.7 Å². The quantitative estimate of drug-likeness (QED) is 0.448. The monoisotopic (exact) mass is 300 g/mol. The molecule has 120 valence electrons. The Morgan fingerprint density at radius 1 is 1.24 bits per heavy atom. The van der Waals surface area contributed by atoms with Gasteiger partial charge in [0.1, 0.15) is 6.10 Å². The van der Waals surface area contributed by atoms with Crippen molar-refractivity contribution in [1.82, 2.24) is 0 Å². The summed E-state index contributed by atoms with van der Waals surface area (Å²) in [5, 5.41) is 0. The van der Waals surface area contributed by atoms with Gasteiger partial charge in [0, 0.05) is 0 Å². The lowest BCUT2D eigenvalue weighted by Gasteiger charge is -2.37. The predicted octanol–water partition coefficient (Wildman–Crippen LogP) is 1.85. The third-order valence-corrected chi connectivity index (χ3v) is 3.90. The maximum Gasteiger partial charge on any atom is 0.418 e. The van der Waals surface area contributed by atoms with Crippen molar-refractivity contribution in [2.45, 2.75) is 52.6 Å². The highest BCUT2D eigenvalue weighted by Gasteiger charge is 2.32. The number of hydrogen-bond acceptors (Lipinski definition) is 6. The topological polar surface area (TPSA) is 78.9 Å². The number of esters is 3. The highest BCUT2D eigenvalue weighted by molar-refractivity contribution is 6.29. The first-order valence-corrected chi connectivity index (χ1v) is 7.20. The summed E-state index contributed by atoms with van der Waals surface area (Å²) >= 11 is 0. The molecule has 0 spiro atoms.